The van der Waals surface area contributed by atoms with Gasteiger partial charge in [-0.05, 0) is 24.1 Å². The molecule has 0 heterocycles. The normalized spacial score (nSPS) is 14.2. The third-order valence-electron chi connectivity index (χ3n) is 2.44. The molecule has 1 rings (SSSR count). The minimum Gasteiger partial charge on any atom is -0.469 e. The largest absolute Gasteiger partial charge is 0.469 e. The number of hydrogen-bond acceptors (Lipinski definition) is 3. The van der Waals surface area contributed by atoms with Gasteiger partial charge in [0, 0.05) is 4.47 Å². The predicted octanol–water partition coefficient (Wildman–Crippen LogP) is 2.68. The Balaban J connectivity index is 2.61. The summed E-state index contributed by atoms with van der Waals surface area (Å²) in [6.45, 7) is 1.74. The first-order valence-electron chi connectivity index (χ1n) is 5.06. The molecule has 0 aromatic heterocycles. The van der Waals surface area contributed by atoms with Gasteiger partial charge in [-0.1, -0.05) is 35.0 Å². The Morgan fingerprint density at radius 2 is 2.00 bits per heavy atom. The SMILES string of the molecule is COC(=O)C(C)CC(O)c1ccc(Br)cc1. The highest BCUT2D eigenvalue weighted by molar-refractivity contribution is 9.10. The monoisotopic (exact) mass is 286 g/mol. The van der Waals surface area contributed by atoms with E-state index in [4.69, 9.17) is 0 Å². The van der Waals surface area contributed by atoms with E-state index < -0.39 is 6.10 Å². The van der Waals surface area contributed by atoms with Crippen molar-refractivity contribution in [1.29, 1.82) is 0 Å². The molecule has 1 aromatic rings. The first-order valence-corrected chi connectivity index (χ1v) is 5.85. The lowest BCUT2D eigenvalue weighted by molar-refractivity contribution is -0.145. The van der Waals surface area contributed by atoms with Crippen molar-refractivity contribution < 1.29 is 14.6 Å². The van der Waals surface area contributed by atoms with E-state index in [1.807, 2.05) is 24.3 Å². The van der Waals surface area contributed by atoms with E-state index in [0.717, 1.165) is 10.0 Å². The number of carbonyl (C=O) groups excluding carboxylic acids is 1. The number of rotatable bonds is 4. The van der Waals surface area contributed by atoms with Crippen LogP contribution in [0.5, 0.6) is 0 Å². The summed E-state index contributed by atoms with van der Waals surface area (Å²) in [6, 6.07) is 7.39. The summed E-state index contributed by atoms with van der Waals surface area (Å²) in [4.78, 5) is 11.2. The van der Waals surface area contributed by atoms with Gasteiger partial charge in [0.15, 0.2) is 0 Å². The zero-order valence-electron chi connectivity index (χ0n) is 9.31. The van der Waals surface area contributed by atoms with Gasteiger partial charge in [0.05, 0.1) is 19.1 Å². The second kappa shape index (κ2) is 6.01. The Bertz CT molecular complexity index is 348. The number of carbonyl (C=O) groups is 1. The molecule has 0 bridgehead atoms. The molecule has 16 heavy (non-hydrogen) atoms. The minimum absolute atomic E-state index is 0.295. The Labute approximate surface area is 104 Å². The summed E-state index contributed by atoms with van der Waals surface area (Å²) in [6.07, 6.45) is -0.268. The molecule has 2 unspecified atom stereocenters. The van der Waals surface area contributed by atoms with E-state index in [-0.39, 0.29) is 11.9 Å². The van der Waals surface area contributed by atoms with Crippen molar-refractivity contribution in [3.05, 3.63) is 34.3 Å². The maximum absolute atomic E-state index is 11.2. The lowest BCUT2D eigenvalue weighted by Gasteiger charge is -2.15. The van der Waals surface area contributed by atoms with E-state index in [1.165, 1.54) is 7.11 Å². The molecule has 0 saturated carbocycles. The highest BCUT2D eigenvalue weighted by Gasteiger charge is 2.18. The minimum atomic E-state index is -0.637. The standard InChI is InChI=1S/C12H15BrO3/c1-8(12(15)16-2)7-11(14)9-3-5-10(13)6-4-9/h3-6,8,11,14H,7H2,1-2H3. The number of aliphatic hydroxyl groups excluding tert-OH is 1. The average Bonchev–Trinajstić information content (AvgIpc) is 2.28. The molecule has 0 aliphatic carbocycles. The number of benzene rings is 1. The maximum atomic E-state index is 11.2. The third kappa shape index (κ3) is 3.61. The quantitative estimate of drug-likeness (QED) is 0.866. The molecule has 2 atom stereocenters. The van der Waals surface area contributed by atoms with Crippen LogP contribution in [0.4, 0.5) is 0 Å². The van der Waals surface area contributed by atoms with Crippen LogP contribution in [0, 0.1) is 5.92 Å². The van der Waals surface area contributed by atoms with Gasteiger partial charge >= 0.3 is 5.97 Å². The summed E-state index contributed by atoms with van der Waals surface area (Å²) in [5.74, 6) is -0.597. The molecule has 0 aliphatic heterocycles. The Morgan fingerprint density at radius 3 is 2.50 bits per heavy atom. The smallest absolute Gasteiger partial charge is 0.308 e. The van der Waals surface area contributed by atoms with Crippen LogP contribution >= 0.6 is 15.9 Å². The summed E-state index contributed by atoms with van der Waals surface area (Å²) in [5.41, 5.74) is 0.805. The zero-order chi connectivity index (χ0) is 12.1. The molecule has 88 valence electrons. The molecule has 0 saturated heterocycles. The number of halogens is 1. The van der Waals surface area contributed by atoms with Gasteiger partial charge in [0.25, 0.3) is 0 Å². The van der Waals surface area contributed by atoms with E-state index in [2.05, 4.69) is 20.7 Å². The molecule has 0 radical (unpaired) electrons. The van der Waals surface area contributed by atoms with E-state index in [9.17, 15) is 9.90 Å². The second-order valence-corrected chi connectivity index (χ2v) is 4.64. The summed E-state index contributed by atoms with van der Waals surface area (Å²) in [5, 5.41) is 9.90. The van der Waals surface area contributed by atoms with Crippen LogP contribution in [0.25, 0.3) is 0 Å². The summed E-state index contributed by atoms with van der Waals surface area (Å²) < 4.78 is 5.57. The number of esters is 1. The van der Waals surface area contributed by atoms with Crippen LogP contribution in [0.15, 0.2) is 28.7 Å². The Hall–Kier alpha value is -0.870. The van der Waals surface area contributed by atoms with Crippen LogP contribution in [0.3, 0.4) is 0 Å². The molecule has 1 aromatic carbocycles. The fraction of sp³-hybridized carbons (Fsp3) is 0.417. The van der Waals surface area contributed by atoms with Crippen molar-refractivity contribution in [2.45, 2.75) is 19.4 Å². The van der Waals surface area contributed by atoms with Gasteiger partial charge in [0.1, 0.15) is 0 Å². The topological polar surface area (TPSA) is 46.5 Å². The highest BCUT2D eigenvalue weighted by Crippen LogP contribution is 2.23. The van der Waals surface area contributed by atoms with Crippen molar-refractivity contribution in [2.24, 2.45) is 5.92 Å². The van der Waals surface area contributed by atoms with Crippen LogP contribution in [-0.4, -0.2) is 18.2 Å². The van der Waals surface area contributed by atoms with Crippen molar-refractivity contribution in [3.8, 4) is 0 Å². The third-order valence-corrected chi connectivity index (χ3v) is 2.96. The predicted molar refractivity (Wildman–Crippen MR) is 64.9 cm³/mol. The molecule has 0 fully saturated rings. The van der Waals surface area contributed by atoms with E-state index in [0.29, 0.717) is 6.42 Å². The van der Waals surface area contributed by atoms with Crippen molar-refractivity contribution >= 4 is 21.9 Å². The molecular weight excluding hydrogens is 272 g/mol. The van der Waals surface area contributed by atoms with Gasteiger partial charge in [-0.25, -0.2) is 0 Å². The molecular formula is C12H15BrO3. The fourth-order valence-corrected chi connectivity index (χ4v) is 1.72. The molecule has 1 N–H and O–H groups in total. The maximum Gasteiger partial charge on any atom is 0.308 e. The summed E-state index contributed by atoms with van der Waals surface area (Å²) >= 11 is 3.32. The van der Waals surface area contributed by atoms with Gasteiger partial charge in [-0.15, -0.1) is 0 Å². The van der Waals surface area contributed by atoms with Gasteiger partial charge in [0.2, 0.25) is 0 Å². The Morgan fingerprint density at radius 1 is 1.44 bits per heavy atom. The number of hydrogen-bond donors (Lipinski definition) is 1. The fourth-order valence-electron chi connectivity index (χ4n) is 1.45. The lowest BCUT2D eigenvalue weighted by atomic mass is 9.98. The molecule has 0 amide bonds. The molecule has 3 nitrogen and oxygen atoms in total. The van der Waals surface area contributed by atoms with Gasteiger partial charge in [-0.3, -0.25) is 4.79 Å². The van der Waals surface area contributed by atoms with Crippen LogP contribution in [0.1, 0.15) is 25.0 Å². The zero-order valence-corrected chi connectivity index (χ0v) is 10.9. The summed E-state index contributed by atoms with van der Waals surface area (Å²) in [7, 11) is 1.35. The van der Waals surface area contributed by atoms with E-state index >= 15 is 0 Å². The van der Waals surface area contributed by atoms with Crippen molar-refractivity contribution in [2.75, 3.05) is 7.11 Å². The van der Waals surface area contributed by atoms with Crippen LogP contribution < -0.4 is 0 Å². The molecule has 4 heteroatoms. The van der Waals surface area contributed by atoms with Crippen LogP contribution in [-0.2, 0) is 9.53 Å². The second-order valence-electron chi connectivity index (χ2n) is 3.73. The lowest BCUT2D eigenvalue weighted by Crippen LogP contribution is -2.15. The van der Waals surface area contributed by atoms with Gasteiger partial charge < -0.3 is 9.84 Å². The Kier molecular flexibility index (Phi) is 4.96. The molecule has 0 aliphatic rings. The number of methoxy groups -OCH3 is 1. The molecule has 0 spiro atoms. The first-order chi connectivity index (χ1) is 7.54. The highest BCUT2D eigenvalue weighted by atomic mass is 79.9. The van der Waals surface area contributed by atoms with Gasteiger partial charge in [-0.2, -0.15) is 0 Å². The number of ether oxygens (including phenoxy) is 1. The average molecular weight is 287 g/mol. The van der Waals surface area contributed by atoms with Crippen LogP contribution in [0.2, 0.25) is 0 Å². The van der Waals surface area contributed by atoms with E-state index in [1.54, 1.807) is 6.92 Å². The van der Waals surface area contributed by atoms with Crippen molar-refractivity contribution in [3.63, 3.8) is 0 Å². The van der Waals surface area contributed by atoms with Crippen molar-refractivity contribution in [1.82, 2.24) is 0 Å². The first kappa shape index (κ1) is 13.2. The number of aliphatic hydroxyl groups is 1.